The third-order valence-electron chi connectivity index (χ3n) is 4.29. The summed E-state index contributed by atoms with van der Waals surface area (Å²) < 4.78 is 0. The molecule has 1 unspecified atom stereocenters. The number of aryl methyl sites for hydroxylation is 2. The Morgan fingerprint density at radius 2 is 2.20 bits per heavy atom. The minimum Gasteiger partial charge on any atom is -0.334 e. The van der Waals surface area contributed by atoms with Crippen LogP contribution in [0.25, 0.3) is 0 Å². The summed E-state index contributed by atoms with van der Waals surface area (Å²) in [6.45, 7) is 1.84. The lowest BCUT2D eigenvalue weighted by atomic mass is 9.99. The molecule has 0 saturated carbocycles. The normalized spacial score (nSPS) is 21.4. The fourth-order valence-electron chi connectivity index (χ4n) is 3.29. The van der Waals surface area contributed by atoms with E-state index < -0.39 is 0 Å². The molecule has 2 heterocycles. The maximum Gasteiger partial charge on any atom is 0.264 e. The van der Waals surface area contributed by atoms with Crippen molar-refractivity contribution in [1.29, 1.82) is 0 Å². The molecule has 3 nitrogen and oxygen atoms in total. The Bertz CT molecular complexity index is 451. The number of carbonyl (C=O) groups is 1. The van der Waals surface area contributed by atoms with Crippen molar-refractivity contribution in [2.75, 3.05) is 20.1 Å². The molecule has 0 radical (unpaired) electrons. The summed E-state index contributed by atoms with van der Waals surface area (Å²) in [6.07, 6.45) is 7.18. The summed E-state index contributed by atoms with van der Waals surface area (Å²) in [7, 11) is 1.96. The molecule has 0 spiro atoms. The highest BCUT2D eigenvalue weighted by Gasteiger charge is 2.30. The number of likely N-dealkylation sites (tertiary alicyclic amines) is 1. The van der Waals surface area contributed by atoms with Crippen molar-refractivity contribution < 1.29 is 4.79 Å². The monoisotopic (exact) mass is 314 g/mol. The summed E-state index contributed by atoms with van der Waals surface area (Å²) in [5.41, 5.74) is 1.43. The minimum atomic E-state index is 0. The largest absolute Gasteiger partial charge is 0.334 e. The highest BCUT2D eigenvalue weighted by molar-refractivity contribution is 7.14. The Balaban J connectivity index is 0.00000147. The lowest BCUT2D eigenvalue weighted by Gasteiger charge is -2.23. The number of fused-ring (bicyclic) bond motifs is 1. The average Bonchev–Trinajstić information content (AvgIpc) is 3.04. The number of hydrogen-bond acceptors (Lipinski definition) is 3. The zero-order valence-electron chi connectivity index (χ0n) is 12.0. The van der Waals surface area contributed by atoms with Crippen LogP contribution in [0, 0.1) is 0 Å². The Hall–Kier alpha value is -0.580. The standard InChI is InChI=1S/C15H22N2OS.ClH/c1-16-10-12-6-4-8-17(12)15(18)14-9-11-5-2-3-7-13(11)19-14;/h9,12,16H,2-8,10H2,1H3;1H. The van der Waals surface area contributed by atoms with Gasteiger partial charge in [0.1, 0.15) is 0 Å². The first-order valence-corrected chi connectivity index (χ1v) is 8.18. The number of amides is 1. The van der Waals surface area contributed by atoms with Crippen molar-refractivity contribution >= 4 is 29.7 Å². The van der Waals surface area contributed by atoms with Crippen LogP contribution < -0.4 is 5.32 Å². The number of nitrogens with one attached hydrogen (secondary N) is 1. The van der Waals surface area contributed by atoms with Crippen LogP contribution in [0.1, 0.15) is 45.8 Å². The van der Waals surface area contributed by atoms with Crippen molar-refractivity contribution in [3.63, 3.8) is 0 Å². The number of likely N-dealkylation sites (N-methyl/N-ethyl adjacent to an activating group) is 1. The molecule has 112 valence electrons. The second kappa shape index (κ2) is 6.92. The van der Waals surface area contributed by atoms with Gasteiger partial charge >= 0.3 is 0 Å². The van der Waals surface area contributed by atoms with E-state index >= 15 is 0 Å². The summed E-state index contributed by atoms with van der Waals surface area (Å²) in [4.78, 5) is 17.2. The lowest BCUT2D eigenvalue weighted by molar-refractivity contribution is 0.0742. The number of thiophene rings is 1. The maximum atomic E-state index is 12.7. The molecule has 1 aromatic rings. The zero-order chi connectivity index (χ0) is 13.2. The molecule has 1 aromatic heterocycles. The Labute approximate surface area is 131 Å². The number of nitrogens with zero attached hydrogens (tertiary/aromatic N) is 1. The molecular weight excluding hydrogens is 292 g/mol. The molecule has 1 amide bonds. The second-order valence-corrected chi connectivity index (χ2v) is 6.76. The van der Waals surface area contributed by atoms with E-state index in [0.29, 0.717) is 6.04 Å². The van der Waals surface area contributed by atoms with Gasteiger partial charge in [0.25, 0.3) is 5.91 Å². The molecule has 0 aromatic carbocycles. The van der Waals surface area contributed by atoms with Gasteiger partial charge in [-0.05, 0) is 57.2 Å². The topological polar surface area (TPSA) is 32.3 Å². The van der Waals surface area contributed by atoms with Gasteiger partial charge in [0, 0.05) is 24.0 Å². The van der Waals surface area contributed by atoms with Crippen LogP contribution in [0.4, 0.5) is 0 Å². The fraction of sp³-hybridized carbons (Fsp3) is 0.667. The molecule has 1 N–H and O–H groups in total. The fourth-order valence-corrected chi connectivity index (χ4v) is 4.50. The number of halogens is 1. The van der Waals surface area contributed by atoms with Gasteiger partial charge in [-0.25, -0.2) is 0 Å². The van der Waals surface area contributed by atoms with Crippen LogP contribution in [0.3, 0.4) is 0 Å². The first-order chi connectivity index (χ1) is 9.29. The van der Waals surface area contributed by atoms with Crippen molar-refractivity contribution in [2.45, 2.75) is 44.6 Å². The summed E-state index contributed by atoms with van der Waals surface area (Å²) >= 11 is 1.74. The van der Waals surface area contributed by atoms with E-state index in [2.05, 4.69) is 16.3 Å². The van der Waals surface area contributed by atoms with Crippen LogP contribution in [0.15, 0.2) is 6.07 Å². The van der Waals surface area contributed by atoms with Crippen LogP contribution in [0.2, 0.25) is 0 Å². The molecular formula is C15H23ClN2OS. The third-order valence-corrected chi connectivity index (χ3v) is 5.51. The highest BCUT2D eigenvalue weighted by atomic mass is 35.5. The van der Waals surface area contributed by atoms with E-state index in [-0.39, 0.29) is 18.3 Å². The van der Waals surface area contributed by atoms with Crippen LogP contribution in [-0.2, 0) is 12.8 Å². The Morgan fingerprint density at radius 3 is 2.95 bits per heavy atom. The summed E-state index contributed by atoms with van der Waals surface area (Å²) in [6, 6.07) is 2.55. The first-order valence-electron chi connectivity index (χ1n) is 7.36. The van der Waals surface area contributed by atoms with E-state index in [4.69, 9.17) is 0 Å². The van der Waals surface area contributed by atoms with E-state index in [0.717, 1.165) is 30.8 Å². The molecule has 3 rings (SSSR count). The van der Waals surface area contributed by atoms with E-state index in [1.165, 1.54) is 36.1 Å². The Morgan fingerprint density at radius 1 is 1.40 bits per heavy atom. The van der Waals surface area contributed by atoms with Crippen molar-refractivity contribution in [3.8, 4) is 0 Å². The van der Waals surface area contributed by atoms with E-state index in [1.54, 1.807) is 11.3 Å². The summed E-state index contributed by atoms with van der Waals surface area (Å²) in [5, 5.41) is 3.20. The molecule has 0 bridgehead atoms. The molecule has 1 saturated heterocycles. The van der Waals surface area contributed by atoms with Gasteiger partial charge in [-0.1, -0.05) is 0 Å². The molecule has 5 heteroatoms. The zero-order valence-corrected chi connectivity index (χ0v) is 13.6. The lowest BCUT2D eigenvalue weighted by Crippen LogP contribution is -2.40. The van der Waals surface area contributed by atoms with Gasteiger partial charge in [-0.15, -0.1) is 23.7 Å². The van der Waals surface area contributed by atoms with Crippen LogP contribution >= 0.6 is 23.7 Å². The second-order valence-electron chi connectivity index (χ2n) is 5.62. The molecule has 1 aliphatic heterocycles. The molecule has 1 fully saturated rings. The number of carbonyl (C=O) groups excluding carboxylic acids is 1. The van der Waals surface area contributed by atoms with Crippen molar-refractivity contribution in [1.82, 2.24) is 10.2 Å². The quantitative estimate of drug-likeness (QED) is 0.930. The summed E-state index contributed by atoms with van der Waals surface area (Å²) in [5.74, 6) is 0.261. The van der Waals surface area contributed by atoms with Gasteiger partial charge in [0.05, 0.1) is 4.88 Å². The predicted molar refractivity (Wildman–Crippen MR) is 86.2 cm³/mol. The van der Waals surface area contributed by atoms with Gasteiger partial charge in [-0.2, -0.15) is 0 Å². The van der Waals surface area contributed by atoms with Crippen molar-refractivity contribution in [2.24, 2.45) is 0 Å². The van der Waals surface area contributed by atoms with E-state index in [9.17, 15) is 4.79 Å². The minimum absolute atomic E-state index is 0. The molecule has 20 heavy (non-hydrogen) atoms. The van der Waals surface area contributed by atoms with Gasteiger partial charge in [0.15, 0.2) is 0 Å². The number of rotatable bonds is 3. The van der Waals surface area contributed by atoms with Crippen LogP contribution in [-0.4, -0.2) is 37.0 Å². The SMILES string of the molecule is CNCC1CCCN1C(=O)c1cc2c(s1)CCCC2.Cl. The van der Waals surface area contributed by atoms with Gasteiger partial charge in [-0.3, -0.25) is 4.79 Å². The predicted octanol–water partition coefficient (Wildman–Crippen LogP) is 2.87. The molecule has 1 atom stereocenters. The Kier molecular flexibility index (Phi) is 5.47. The first kappa shape index (κ1) is 15.8. The van der Waals surface area contributed by atoms with E-state index in [1.807, 2.05) is 7.05 Å². The highest BCUT2D eigenvalue weighted by Crippen LogP contribution is 2.31. The third kappa shape index (κ3) is 3.02. The molecule has 1 aliphatic carbocycles. The van der Waals surface area contributed by atoms with Crippen LogP contribution in [0.5, 0.6) is 0 Å². The molecule has 2 aliphatic rings. The van der Waals surface area contributed by atoms with Gasteiger partial charge in [0.2, 0.25) is 0 Å². The number of hydrogen-bond donors (Lipinski definition) is 1. The maximum absolute atomic E-state index is 12.7. The smallest absolute Gasteiger partial charge is 0.264 e. The average molecular weight is 315 g/mol. The van der Waals surface area contributed by atoms with Crippen molar-refractivity contribution in [3.05, 3.63) is 21.4 Å². The van der Waals surface area contributed by atoms with Gasteiger partial charge < -0.3 is 10.2 Å².